The van der Waals surface area contributed by atoms with Gasteiger partial charge in [-0.15, -0.1) is 0 Å². The van der Waals surface area contributed by atoms with E-state index in [4.69, 9.17) is 0 Å². The van der Waals surface area contributed by atoms with Crippen LogP contribution in [0.15, 0.2) is 0 Å². The molecule has 0 spiro atoms. The standard InChI is InChI=1S/2C4H9.O.Ti/c2*1-3-4-2;;/h2*1,3-4H2,2H3;;/q;;-2;+2. The summed E-state index contributed by atoms with van der Waals surface area (Å²) in [6.07, 6.45) is 5.78. The smallest absolute Gasteiger partial charge is 2.00 e. The summed E-state index contributed by atoms with van der Waals surface area (Å²) in [7, 11) is 0. The van der Waals surface area contributed by atoms with Gasteiger partial charge in [0.05, 0.1) is 0 Å². The fourth-order valence-corrected chi connectivity index (χ4v) is 3.00. The second-order valence-electron chi connectivity index (χ2n) is 2.46. The zero-order valence-corrected chi connectivity index (χ0v) is 8.71. The second kappa shape index (κ2) is 12.4. The maximum atomic E-state index is 2.28. The van der Waals surface area contributed by atoms with Crippen molar-refractivity contribution in [3.8, 4) is 0 Å². The molecule has 0 aliphatic carbocycles. The van der Waals surface area contributed by atoms with Gasteiger partial charge in [-0.25, -0.2) is 0 Å². The Morgan fingerprint density at radius 2 is 1.30 bits per heavy atom. The van der Waals surface area contributed by atoms with Crippen molar-refractivity contribution in [2.45, 2.75) is 49.0 Å². The van der Waals surface area contributed by atoms with Gasteiger partial charge in [-0.3, -0.25) is 0 Å². The molecule has 0 aliphatic rings. The molecule has 2 heteroatoms. The van der Waals surface area contributed by atoms with Gasteiger partial charge in [-0.1, -0.05) is 0 Å². The first-order valence-electron chi connectivity index (χ1n) is 4.12. The summed E-state index contributed by atoms with van der Waals surface area (Å²) < 4.78 is 3.16. The molecule has 10 heavy (non-hydrogen) atoms. The van der Waals surface area contributed by atoms with Gasteiger partial charge in [0.1, 0.15) is 0 Å². The van der Waals surface area contributed by atoms with Gasteiger partial charge in [0, 0.05) is 0 Å². The third-order valence-electron chi connectivity index (χ3n) is 1.41. The van der Waals surface area contributed by atoms with Crippen molar-refractivity contribution in [1.82, 2.24) is 0 Å². The molecule has 0 atom stereocenters. The van der Waals surface area contributed by atoms with E-state index in [1.165, 1.54) is 25.7 Å². The molecule has 0 amide bonds. The number of rotatable bonds is 6. The van der Waals surface area contributed by atoms with Gasteiger partial charge in [0.2, 0.25) is 0 Å². The average Bonchev–Trinajstić information content (AvgIpc) is 1.89. The van der Waals surface area contributed by atoms with Crippen LogP contribution >= 0.6 is 0 Å². The molecule has 0 aromatic heterocycles. The third-order valence-corrected chi connectivity index (χ3v) is 3.62. The summed E-state index contributed by atoms with van der Waals surface area (Å²) >= 11 is 0.496. The molecule has 0 rings (SSSR count). The van der Waals surface area contributed by atoms with Gasteiger partial charge < -0.3 is 5.48 Å². The van der Waals surface area contributed by atoms with Crippen LogP contribution in [0, 0.1) is 0 Å². The summed E-state index contributed by atoms with van der Waals surface area (Å²) in [6, 6.07) is 0. The molecule has 0 N–H and O–H groups in total. The largest absolute Gasteiger partial charge is 2.00 e. The predicted octanol–water partition coefficient (Wildman–Crippen LogP) is 3.39. The monoisotopic (exact) mass is 178 g/mol. The first-order chi connectivity index (χ1) is 4.41. The second-order valence-corrected chi connectivity index (χ2v) is 4.80. The van der Waals surface area contributed by atoms with Crippen molar-refractivity contribution in [2.75, 3.05) is 0 Å². The van der Waals surface area contributed by atoms with E-state index in [2.05, 4.69) is 13.8 Å². The first kappa shape index (κ1) is 13.3. The van der Waals surface area contributed by atoms with Crippen molar-refractivity contribution < 1.29 is 24.6 Å². The van der Waals surface area contributed by atoms with E-state index in [-0.39, 0.29) is 5.48 Å². The van der Waals surface area contributed by atoms with E-state index < -0.39 is 0 Å². The van der Waals surface area contributed by atoms with E-state index in [0.29, 0.717) is 19.2 Å². The number of unbranched alkanes of at least 4 members (excludes halogenated alkanes) is 2. The minimum atomic E-state index is 0. The minimum absolute atomic E-state index is 0. The van der Waals surface area contributed by atoms with Crippen molar-refractivity contribution in [3.05, 3.63) is 0 Å². The summed E-state index contributed by atoms with van der Waals surface area (Å²) in [6.45, 7) is 4.57. The maximum Gasteiger partial charge on any atom is -2.00 e. The van der Waals surface area contributed by atoms with E-state index >= 15 is 0 Å². The average molecular weight is 178 g/mol. The molecule has 0 saturated heterocycles. The molecule has 0 bridgehead atoms. The Labute approximate surface area is 73.8 Å². The summed E-state index contributed by atoms with van der Waals surface area (Å²) in [5, 5.41) is 0. The molecule has 0 fully saturated rings. The molecular weight excluding hydrogens is 160 g/mol. The fourth-order valence-electron chi connectivity index (χ4n) is 0.729. The molecule has 0 aromatic rings. The van der Waals surface area contributed by atoms with Crippen molar-refractivity contribution in [1.29, 1.82) is 0 Å². The van der Waals surface area contributed by atoms with Gasteiger partial charge in [0.15, 0.2) is 0 Å². The van der Waals surface area contributed by atoms with Crippen LogP contribution in [0.2, 0.25) is 9.45 Å². The third kappa shape index (κ3) is 11.5. The molecular formula is C8H18OTi. The van der Waals surface area contributed by atoms with Gasteiger partial charge in [0.25, 0.3) is 0 Å². The SMILES string of the molecule is CCC[CH2][Ti+2][CH2]CCC.[O-2]. The normalized spacial score (nSPS) is 8.20. The van der Waals surface area contributed by atoms with Crippen LogP contribution in [-0.4, -0.2) is 0 Å². The Hall–Kier alpha value is 0.674. The fraction of sp³-hybridized carbons (Fsp3) is 1.00. The Bertz CT molecular complexity index is 42.5. The zero-order chi connectivity index (χ0) is 6.95. The summed E-state index contributed by atoms with van der Waals surface area (Å²) in [4.78, 5) is 0. The van der Waals surface area contributed by atoms with Crippen LogP contribution in [0.25, 0.3) is 0 Å². The Balaban J connectivity index is 0. The van der Waals surface area contributed by atoms with Gasteiger partial charge in [-0.2, -0.15) is 0 Å². The zero-order valence-electron chi connectivity index (χ0n) is 7.15. The Morgan fingerprint density at radius 3 is 1.60 bits per heavy atom. The molecule has 0 unspecified atom stereocenters. The Kier molecular flexibility index (Phi) is 16.4. The van der Waals surface area contributed by atoms with Crippen LogP contribution in [0.4, 0.5) is 0 Å². The molecule has 0 aromatic carbocycles. The van der Waals surface area contributed by atoms with Crippen LogP contribution in [0.3, 0.4) is 0 Å². The van der Waals surface area contributed by atoms with Crippen LogP contribution in [0.5, 0.6) is 0 Å². The molecule has 0 radical (unpaired) electrons. The Morgan fingerprint density at radius 1 is 0.900 bits per heavy atom. The van der Waals surface area contributed by atoms with Crippen molar-refractivity contribution >= 4 is 0 Å². The van der Waals surface area contributed by atoms with E-state index in [9.17, 15) is 0 Å². The van der Waals surface area contributed by atoms with E-state index in [0.717, 1.165) is 0 Å². The van der Waals surface area contributed by atoms with Crippen molar-refractivity contribution in [2.24, 2.45) is 0 Å². The van der Waals surface area contributed by atoms with Crippen LogP contribution in [-0.2, 0) is 24.6 Å². The van der Waals surface area contributed by atoms with E-state index in [1.54, 1.807) is 9.45 Å². The van der Waals surface area contributed by atoms with Crippen molar-refractivity contribution in [3.63, 3.8) is 0 Å². The summed E-state index contributed by atoms with van der Waals surface area (Å²) in [5.41, 5.74) is 0. The molecule has 0 saturated carbocycles. The number of hydrogen-bond acceptors (Lipinski definition) is 0. The predicted molar refractivity (Wildman–Crippen MR) is 40.1 cm³/mol. The maximum absolute atomic E-state index is 2.28. The summed E-state index contributed by atoms with van der Waals surface area (Å²) in [5.74, 6) is 0. The first-order valence-corrected chi connectivity index (χ1v) is 6.33. The van der Waals surface area contributed by atoms with Crippen LogP contribution in [0.1, 0.15) is 39.5 Å². The van der Waals surface area contributed by atoms with Crippen LogP contribution < -0.4 is 0 Å². The topological polar surface area (TPSA) is 28.5 Å². The number of hydrogen-bond donors (Lipinski definition) is 0. The molecule has 1 nitrogen and oxygen atoms in total. The molecule has 0 aliphatic heterocycles. The molecule has 0 heterocycles. The van der Waals surface area contributed by atoms with Gasteiger partial charge in [-0.05, 0) is 0 Å². The minimum Gasteiger partial charge on any atom is -2.00 e. The quantitative estimate of drug-likeness (QED) is 0.440. The molecule has 60 valence electrons. The van der Waals surface area contributed by atoms with Gasteiger partial charge >= 0.3 is 68.1 Å². The van der Waals surface area contributed by atoms with E-state index in [1.807, 2.05) is 0 Å².